The Bertz CT molecular complexity index is 1100. The minimum atomic E-state index is -0.141. The summed E-state index contributed by atoms with van der Waals surface area (Å²) < 4.78 is 1.41. The predicted molar refractivity (Wildman–Crippen MR) is 115 cm³/mol. The topological polar surface area (TPSA) is 98.7 Å². The minimum absolute atomic E-state index is 0.141. The molecular weight excluding hydrogens is 412 g/mol. The van der Waals surface area contributed by atoms with Crippen molar-refractivity contribution in [2.24, 2.45) is 0 Å². The number of thiophene rings is 1. The summed E-state index contributed by atoms with van der Waals surface area (Å²) in [7, 11) is 0. The molecule has 0 spiro atoms. The number of nitrogens with two attached hydrogens (primary N) is 1. The van der Waals surface area contributed by atoms with Gasteiger partial charge in [0, 0.05) is 16.6 Å². The maximum Gasteiger partial charge on any atom is 0.234 e. The third kappa shape index (κ3) is 4.08. The lowest BCUT2D eigenvalue weighted by atomic mass is 10.1. The number of amides is 1. The van der Waals surface area contributed by atoms with Crippen molar-refractivity contribution in [3.63, 3.8) is 0 Å². The smallest absolute Gasteiger partial charge is 0.234 e. The molecule has 0 fully saturated rings. The Balaban J connectivity index is 1.39. The molecule has 3 heterocycles. The summed E-state index contributed by atoms with van der Waals surface area (Å²) in [5.74, 6) is 6.69. The quantitative estimate of drug-likeness (QED) is 0.357. The number of anilines is 1. The first-order valence-corrected chi connectivity index (χ1v) is 11.0. The Hall–Kier alpha value is -2.69. The first kappa shape index (κ1) is 18.7. The third-order valence-corrected chi connectivity index (χ3v) is 6.38. The highest BCUT2D eigenvalue weighted by Gasteiger charge is 2.14. The second kappa shape index (κ2) is 8.13. The summed E-state index contributed by atoms with van der Waals surface area (Å²) >= 11 is 4.38. The van der Waals surface area contributed by atoms with Crippen molar-refractivity contribution in [1.82, 2.24) is 19.9 Å². The monoisotopic (exact) mass is 428 g/mol. The highest BCUT2D eigenvalue weighted by Crippen LogP contribution is 2.26. The average Bonchev–Trinajstić information content (AvgIpc) is 3.42. The number of thiazole rings is 1. The zero-order valence-corrected chi connectivity index (χ0v) is 17.3. The van der Waals surface area contributed by atoms with Crippen LogP contribution in [0.1, 0.15) is 5.01 Å². The van der Waals surface area contributed by atoms with Gasteiger partial charge in [0.1, 0.15) is 0 Å². The fourth-order valence-electron chi connectivity index (χ4n) is 2.53. The first-order valence-electron chi connectivity index (χ1n) is 8.30. The molecule has 0 radical (unpaired) electrons. The zero-order valence-electron chi connectivity index (χ0n) is 14.8. The number of rotatable bonds is 6. The van der Waals surface area contributed by atoms with E-state index in [1.807, 2.05) is 54.1 Å². The second-order valence-electron chi connectivity index (χ2n) is 5.82. The molecule has 0 aliphatic rings. The molecule has 0 saturated heterocycles. The van der Waals surface area contributed by atoms with Crippen LogP contribution in [-0.2, 0) is 4.79 Å². The van der Waals surface area contributed by atoms with E-state index >= 15 is 0 Å². The van der Waals surface area contributed by atoms with Crippen LogP contribution < -0.4 is 11.2 Å². The molecular formula is C18H16N6OS3. The summed E-state index contributed by atoms with van der Waals surface area (Å²) in [6.45, 7) is 1.97. The minimum Gasteiger partial charge on any atom is -0.335 e. The number of carbonyl (C=O) groups excluding carboxylic acids is 1. The van der Waals surface area contributed by atoms with Crippen molar-refractivity contribution in [2.75, 3.05) is 16.9 Å². The molecule has 4 rings (SSSR count). The standard InChI is InChI=1S/C18H16N6OS3/c1-11-20-14(9-27-11)12-4-2-5-13(8-12)21-16(25)10-28-18-23-22-17(24(18)19)15-6-3-7-26-15/h2-9H,10,19H2,1H3,(H,21,25). The van der Waals surface area contributed by atoms with Gasteiger partial charge in [-0.1, -0.05) is 30.0 Å². The van der Waals surface area contributed by atoms with Gasteiger partial charge in [0.25, 0.3) is 0 Å². The SMILES string of the molecule is Cc1nc(-c2cccc(NC(=O)CSc3nnc(-c4cccs4)n3N)c2)cs1. The van der Waals surface area contributed by atoms with Gasteiger partial charge in [-0.05, 0) is 30.5 Å². The van der Waals surface area contributed by atoms with Crippen LogP contribution in [0.3, 0.4) is 0 Å². The molecule has 3 aromatic heterocycles. The van der Waals surface area contributed by atoms with E-state index in [0.29, 0.717) is 11.0 Å². The summed E-state index contributed by atoms with van der Waals surface area (Å²) in [6, 6.07) is 11.5. The normalized spacial score (nSPS) is 10.9. The van der Waals surface area contributed by atoms with Gasteiger partial charge in [-0.3, -0.25) is 4.79 Å². The fourth-order valence-corrected chi connectivity index (χ4v) is 4.51. The van der Waals surface area contributed by atoms with Gasteiger partial charge < -0.3 is 11.2 Å². The van der Waals surface area contributed by atoms with E-state index < -0.39 is 0 Å². The Labute approximate surface area is 173 Å². The highest BCUT2D eigenvalue weighted by molar-refractivity contribution is 7.99. The van der Waals surface area contributed by atoms with Crippen LogP contribution in [0.5, 0.6) is 0 Å². The van der Waals surface area contributed by atoms with Gasteiger partial charge in [-0.15, -0.1) is 32.9 Å². The molecule has 3 N–H and O–H groups in total. The van der Waals surface area contributed by atoms with Crippen molar-refractivity contribution in [3.05, 3.63) is 52.2 Å². The summed E-state index contributed by atoms with van der Waals surface area (Å²) in [5.41, 5.74) is 2.60. The van der Waals surface area contributed by atoms with Crippen LogP contribution in [0.4, 0.5) is 5.69 Å². The van der Waals surface area contributed by atoms with E-state index in [0.717, 1.165) is 26.8 Å². The average molecular weight is 429 g/mol. The molecule has 0 aliphatic heterocycles. The maximum atomic E-state index is 12.3. The van der Waals surface area contributed by atoms with Crippen LogP contribution in [0, 0.1) is 6.92 Å². The Kier molecular flexibility index (Phi) is 5.42. The number of aryl methyl sites for hydroxylation is 1. The summed E-state index contributed by atoms with van der Waals surface area (Å²) in [5, 5.41) is 16.5. The number of nitrogens with zero attached hydrogens (tertiary/aromatic N) is 4. The van der Waals surface area contributed by atoms with E-state index in [1.54, 1.807) is 11.3 Å². The molecule has 10 heteroatoms. The van der Waals surface area contributed by atoms with E-state index in [9.17, 15) is 4.79 Å². The molecule has 0 bridgehead atoms. The fraction of sp³-hybridized carbons (Fsp3) is 0.111. The first-order chi connectivity index (χ1) is 13.6. The number of nitrogens with one attached hydrogen (secondary N) is 1. The van der Waals surface area contributed by atoms with Crippen LogP contribution in [-0.4, -0.2) is 31.5 Å². The number of hydrogen-bond donors (Lipinski definition) is 2. The van der Waals surface area contributed by atoms with Crippen molar-refractivity contribution < 1.29 is 4.79 Å². The van der Waals surface area contributed by atoms with Gasteiger partial charge in [0.15, 0.2) is 5.82 Å². The lowest BCUT2D eigenvalue weighted by molar-refractivity contribution is -0.113. The van der Waals surface area contributed by atoms with Crippen molar-refractivity contribution in [3.8, 4) is 22.0 Å². The molecule has 0 aliphatic carbocycles. The Morgan fingerprint density at radius 1 is 1.25 bits per heavy atom. The van der Waals surface area contributed by atoms with Crippen molar-refractivity contribution >= 4 is 46.0 Å². The lowest BCUT2D eigenvalue weighted by Crippen LogP contribution is -2.16. The molecule has 142 valence electrons. The molecule has 0 atom stereocenters. The van der Waals surface area contributed by atoms with Crippen LogP contribution in [0.15, 0.2) is 52.3 Å². The summed E-state index contributed by atoms with van der Waals surface area (Å²) in [4.78, 5) is 17.8. The van der Waals surface area contributed by atoms with Gasteiger partial charge >= 0.3 is 0 Å². The van der Waals surface area contributed by atoms with Crippen molar-refractivity contribution in [2.45, 2.75) is 12.1 Å². The van der Waals surface area contributed by atoms with E-state index in [2.05, 4.69) is 20.5 Å². The number of benzene rings is 1. The molecule has 1 aromatic carbocycles. The Morgan fingerprint density at radius 2 is 2.14 bits per heavy atom. The molecule has 0 unspecified atom stereocenters. The maximum absolute atomic E-state index is 12.3. The Morgan fingerprint density at radius 3 is 2.89 bits per heavy atom. The molecule has 28 heavy (non-hydrogen) atoms. The van der Waals surface area contributed by atoms with Crippen molar-refractivity contribution in [1.29, 1.82) is 0 Å². The van der Waals surface area contributed by atoms with E-state index in [-0.39, 0.29) is 11.7 Å². The molecule has 1 amide bonds. The number of nitrogen functional groups attached to an aromatic ring is 1. The molecule has 7 nitrogen and oxygen atoms in total. The van der Waals surface area contributed by atoms with Gasteiger partial charge in [-0.25, -0.2) is 9.66 Å². The number of hydrogen-bond acceptors (Lipinski definition) is 8. The van der Waals surface area contributed by atoms with Crippen LogP contribution in [0.25, 0.3) is 22.0 Å². The van der Waals surface area contributed by atoms with Gasteiger partial charge in [0.05, 0.1) is 21.3 Å². The van der Waals surface area contributed by atoms with E-state index in [1.165, 1.54) is 27.8 Å². The number of thioether (sulfide) groups is 1. The summed E-state index contributed by atoms with van der Waals surface area (Å²) in [6.07, 6.45) is 0. The van der Waals surface area contributed by atoms with Crippen LogP contribution >= 0.6 is 34.4 Å². The van der Waals surface area contributed by atoms with E-state index in [4.69, 9.17) is 5.84 Å². The zero-order chi connectivity index (χ0) is 19.5. The second-order valence-corrected chi connectivity index (χ2v) is 8.78. The largest absolute Gasteiger partial charge is 0.335 e. The predicted octanol–water partition coefficient (Wildman–Crippen LogP) is 3.88. The number of carbonyl (C=O) groups is 1. The van der Waals surface area contributed by atoms with Crippen LogP contribution in [0.2, 0.25) is 0 Å². The number of aromatic nitrogens is 4. The van der Waals surface area contributed by atoms with Gasteiger partial charge in [-0.2, -0.15) is 0 Å². The lowest BCUT2D eigenvalue weighted by Gasteiger charge is -2.06. The molecule has 4 aromatic rings. The third-order valence-electron chi connectivity index (χ3n) is 3.80. The van der Waals surface area contributed by atoms with Gasteiger partial charge in [0.2, 0.25) is 11.1 Å². The highest BCUT2D eigenvalue weighted by atomic mass is 32.2. The molecule has 0 saturated carbocycles.